The van der Waals surface area contributed by atoms with Crippen molar-refractivity contribution in [3.05, 3.63) is 89.8 Å². The zero-order valence-electron chi connectivity index (χ0n) is 19.1. The van der Waals surface area contributed by atoms with Gasteiger partial charge in [-0.1, -0.05) is 24.3 Å². The van der Waals surface area contributed by atoms with Gasteiger partial charge in [0.05, 0.1) is 17.9 Å². The number of carbonyl (C=O) groups is 1. The van der Waals surface area contributed by atoms with Crippen molar-refractivity contribution in [3.63, 3.8) is 0 Å². The van der Waals surface area contributed by atoms with Crippen molar-refractivity contribution in [2.24, 2.45) is 12.1 Å². The highest BCUT2D eigenvalue weighted by atomic mass is 19.1. The predicted octanol–water partition coefficient (Wildman–Crippen LogP) is 3.80. The number of aromatic nitrogens is 1. The highest BCUT2D eigenvalue weighted by molar-refractivity contribution is 6.03. The summed E-state index contributed by atoms with van der Waals surface area (Å²) in [6, 6.07) is 16.7. The summed E-state index contributed by atoms with van der Waals surface area (Å²) in [5, 5.41) is 6.26. The molecule has 0 aliphatic carbocycles. The maximum atomic E-state index is 14.1. The zero-order valence-corrected chi connectivity index (χ0v) is 19.1. The lowest BCUT2D eigenvalue weighted by atomic mass is 10.0. The topological polar surface area (TPSA) is 44.1 Å². The molecule has 1 fully saturated rings. The SMILES string of the molecule is Cn1cccc1[C@H]1CC(c2ccc(F)cc2)=NN1C(=O)CN1CCN(c2ccccc2F)CC1. The van der Waals surface area contributed by atoms with Gasteiger partial charge < -0.3 is 9.47 Å². The van der Waals surface area contributed by atoms with Gasteiger partial charge in [-0.2, -0.15) is 5.10 Å². The van der Waals surface area contributed by atoms with Crippen LogP contribution < -0.4 is 4.90 Å². The van der Waals surface area contributed by atoms with E-state index in [1.54, 1.807) is 29.3 Å². The fraction of sp³-hybridized carbons (Fsp3) is 0.308. The molecular weight excluding hydrogens is 436 g/mol. The maximum Gasteiger partial charge on any atom is 0.257 e. The van der Waals surface area contributed by atoms with Crippen molar-refractivity contribution in [1.82, 2.24) is 14.5 Å². The summed E-state index contributed by atoms with van der Waals surface area (Å²) in [5.41, 5.74) is 3.18. The molecule has 1 aromatic heterocycles. The molecule has 0 unspecified atom stereocenters. The van der Waals surface area contributed by atoms with E-state index < -0.39 is 0 Å². The molecule has 1 saturated heterocycles. The lowest BCUT2D eigenvalue weighted by Gasteiger charge is -2.36. The molecule has 0 spiro atoms. The average Bonchev–Trinajstić information content (AvgIpc) is 3.47. The quantitative estimate of drug-likeness (QED) is 0.578. The number of hydrazone groups is 1. The number of hydrogen-bond donors (Lipinski definition) is 0. The molecule has 2 aliphatic heterocycles. The van der Waals surface area contributed by atoms with Crippen LogP contribution in [0.15, 0.2) is 72.0 Å². The minimum atomic E-state index is -0.302. The van der Waals surface area contributed by atoms with Crippen LogP contribution in [0.4, 0.5) is 14.5 Å². The fourth-order valence-electron chi connectivity index (χ4n) is 4.73. The number of halogens is 2. The van der Waals surface area contributed by atoms with E-state index in [1.807, 2.05) is 40.9 Å². The van der Waals surface area contributed by atoms with Gasteiger partial charge in [-0.05, 0) is 42.0 Å². The summed E-state index contributed by atoms with van der Waals surface area (Å²) in [4.78, 5) is 17.5. The maximum absolute atomic E-state index is 14.1. The lowest BCUT2D eigenvalue weighted by Crippen LogP contribution is -2.49. The molecule has 2 aliphatic rings. The molecule has 1 amide bonds. The highest BCUT2D eigenvalue weighted by Gasteiger charge is 2.35. The van der Waals surface area contributed by atoms with Gasteiger partial charge in [-0.25, -0.2) is 13.8 Å². The molecule has 3 heterocycles. The van der Waals surface area contributed by atoms with Crippen LogP contribution in [0.3, 0.4) is 0 Å². The molecule has 8 heteroatoms. The Kier molecular flexibility index (Phi) is 6.15. The van der Waals surface area contributed by atoms with Crippen molar-refractivity contribution < 1.29 is 13.6 Å². The monoisotopic (exact) mass is 463 g/mol. The smallest absolute Gasteiger partial charge is 0.257 e. The van der Waals surface area contributed by atoms with Crippen LogP contribution in [0.1, 0.15) is 23.7 Å². The van der Waals surface area contributed by atoms with Crippen molar-refractivity contribution in [3.8, 4) is 0 Å². The Morgan fingerprint density at radius 3 is 2.38 bits per heavy atom. The standard InChI is InChI=1S/C26H27F2N5O/c1-30-12-4-7-24(30)25-17-22(19-8-10-20(27)11-9-19)29-33(25)26(34)18-31-13-15-32(16-14-31)23-6-3-2-5-21(23)28/h2-12,25H,13-18H2,1H3/t25-/m1/s1. The van der Waals surface area contributed by atoms with Crippen LogP contribution >= 0.6 is 0 Å². The van der Waals surface area contributed by atoms with Gasteiger partial charge in [-0.15, -0.1) is 0 Å². The first-order valence-electron chi connectivity index (χ1n) is 11.5. The highest BCUT2D eigenvalue weighted by Crippen LogP contribution is 2.33. The van der Waals surface area contributed by atoms with Gasteiger partial charge in [0.1, 0.15) is 17.7 Å². The van der Waals surface area contributed by atoms with Gasteiger partial charge in [0.2, 0.25) is 0 Å². The number of nitrogens with zero attached hydrogens (tertiary/aromatic N) is 5. The molecule has 1 atom stereocenters. The van der Waals surface area contributed by atoms with Crippen LogP contribution in [0.25, 0.3) is 0 Å². The van der Waals surface area contributed by atoms with E-state index in [1.165, 1.54) is 18.2 Å². The minimum Gasteiger partial charge on any atom is -0.367 e. The Morgan fingerprint density at radius 2 is 1.71 bits per heavy atom. The van der Waals surface area contributed by atoms with E-state index in [9.17, 15) is 13.6 Å². The summed E-state index contributed by atoms with van der Waals surface area (Å²) in [6.45, 7) is 2.87. The van der Waals surface area contributed by atoms with Crippen molar-refractivity contribution in [2.45, 2.75) is 12.5 Å². The molecule has 0 N–H and O–H groups in total. The van der Waals surface area contributed by atoms with Crippen LogP contribution in [-0.4, -0.2) is 58.8 Å². The molecule has 176 valence electrons. The van der Waals surface area contributed by atoms with Gasteiger partial charge in [0, 0.05) is 51.5 Å². The van der Waals surface area contributed by atoms with Crippen LogP contribution in [0.5, 0.6) is 0 Å². The molecule has 0 bridgehead atoms. The van der Waals surface area contributed by atoms with Gasteiger partial charge >= 0.3 is 0 Å². The largest absolute Gasteiger partial charge is 0.367 e. The third-order valence-electron chi connectivity index (χ3n) is 6.59. The molecule has 0 radical (unpaired) electrons. The number of piperazine rings is 1. The second-order valence-corrected chi connectivity index (χ2v) is 8.77. The molecular formula is C26H27F2N5O. The number of amides is 1. The van der Waals surface area contributed by atoms with Gasteiger partial charge in [-0.3, -0.25) is 9.69 Å². The van der Waals surface area contributed by atoms with Gasteiger partial charge in [0.25, 0.3) is 5.91 Å². The van der Waals surface area contributed by atoms with Crippen molar-refractivity contribution in [1.29, 1.82) is 0 Å². The molecule has 34 heavy (non-hydrogen) atoms. The summed E-state index contributed by atoms with van der Waals surface area (Å²) in [6.07, 6.45) is 2.52. The van der Waals surface area contributed by atoms with Crippen molar-refractivity contribution >= 4 is 17.3 Å². The Balaban J connectivity index is 1.30. The van der Waals surface area contributed by atoms with E-state index in [0.717, 1.165) is 17.0 Å². The second-order valence-electron chi connectivity index (χ2n) is 8.77. The Morgan fingerprint density at radius 1 is 0.971 bits per heavy atom. The van der Waals surface area contributed by atoms with E-state index in [4.69, 9.17) is 0 Å². The number of carbonyl (C=O) groups excluding carboxylic acids is 1. The van der Waals surface area contributed by atoms with E-state index >= 15 is 0 Å². The van der Waals surface area contributed by atoms with E-state index in [2.05, 4.69) is 10.0 Å². The second kappa shape index (κ2) is 9.38. The average molecular weight is 464 g/mol. The molecule has 3 aromatic rings. The number of hydrogen-bond acceptors (Lipinski definition) is 4. The molecule has 0 saturated carbocycles. The molecule has 2 aromatic carbocycles. The number of rotatable bonds is 5. The first-order chi connectivity index (χ1) is 16.5. The number of anilines is 1. The first kappa shape index (κ1) is 22.3. The summed E-state index contributed by atoms with van der Waals surface area (Å²) in [5.74, 6) is -0.608. The number of benzene rings is 2. The van der Waals surface area contributed by atoms with Crippen molar-refractivity contribution in [2.75, 3.05) is 37.6 Å². The Hall–Kier alpha value is -3.52. The summed E-state index contributed by atoms with van der Waals surface area (Å²) in [7, 11) is 1.95. The Bertz CT molecular complexity index is 1200. The zero-order chi connectivity index (χ0) is 23.7. The lowest BCUT2D eigenvalue weighted by molar-refractivity contribution is -0.134. The normalized spacial score (nSPS) is 18.9. The number of aryl methyl sites for hydroxylation is 1. The molecule has 6 nitrogen and oxygen atoms in total. The Labute approximate surface area is 197 Å². The predicted molar refractivity (Wildman–Crippen MR) is 128 cm³/mol. The van der Waals surface area contributed by atoms with E-state index in [0.29, 0.717) is 38.3 Å². The van der Waals surface area contributed by atoms with Gasteiger partial charge in [0.15, 0.2) is 0 Å². The number of para-hydroxylation sites is 1. The fourth-order valence-corrected chi connectivity index (χ4v) is 4.73. The third-order valence-corrected chi connectivity index (χ3v) is 6.59. The van der Waals surface area contributed by atoms with Crippen LogP contribution in [0.2, 0.25) is 0 Å². The summed E-state index contributed by atoms with van der Waals surface area (Å²) < 4.78 is 29.6. The van der Waals surface area contributed by atoms with E-state index in [-0.39, 0.29) is 30.1 Å². The first-order valence-corrected chi connectivity index (χ1v) is 11.5. The van der Waals surface area contributed by atoms with Crippen LogP contribution in [-0.2, 0) is 11.8 Å². The molecule has 5 rings (SSSR count). The third kappa shape index (κ3) is 4.46. The summed E-state index contributed by atoms with van der Waals surface area (Å²) >= 11 is 0. The van der Waals surface area contributed by atoms with Crippen LogP contribution in [0, 0.1) is 11.6 Å². The minimum absolute atomic E-state index is 0.0809.